The molecule has 3 rings (SSSR count). The van der Waals surface area contributed by atoms with E-state index in [-0.39, 0.29) is 11.5 Å². The summed E-state index contributed by atoms with van der Waals surface area (Å²) in [4.78, 5) is 4.31. The second kappa shape index (κ2) is 4.84. The Hall–Kier alpha value is -2.43. The largest absolute Gasteiger partial charge is 0.386 e. The molecule has 1 atom stereocenters. The smallest absolute Gasteiger partial charge is 0.136 e. The number of hydrogen-bond donors (Lipinski definition) is 2. The Kier molecular flexibility index (Phi) is 3.12. The van der Waals surface area contributed by atoms with Crippen LogP contribution in [0.25, 0.3) is 5.57 Å². The van der Waals surface area contributed by atoms with Gasteiger partial charge in [-0.05, 0) is 36.6 Å². The fraction of sp³-hybridized carbons (Fsp3) is 0.188. The Bertz CT molecular complexity index is 729. The molecule has 0 saturated heterocycles. The first-order valence-electron chi connectivity index (χ1n) is 6.62. The van der Waals surface area contributed by atoms with Crippen molar-refractivity contribution in [2.45, 2.75) is 13.3 Å². The maximum absolute atomic E-state index is 14.2. The number of aliphatic imine (C=N–C) groups is 1. The van der Waals surface area contributed by atoms with Gasteiger partial charge >= 0.3 is 0 Å². The van der Waals surface area contributed by atoms with Crippen LogP contribution in [0.2, 0.25) is 0 Å². The molecular formula is C16H15F2N3. The van der Waals surface area contributed by atoms with Gasteiger partial charge in [-0.2, -0.15) is 0 Å². The summed E-state index contributed by atoms with van der Waals surface area (Å²) in [7, 11) is 0. The fourth-order valence-corrected chi connectivity index (χ4v) is 2.39. The number of hydrogen-bond acceptors (Lipinski definition) is 3. The summed E-state index contributed by atoms with van der Waals surface area (Å²) in [6.07, 6.45) is 4.38. The summed E-state index contributed by atoms with van der Waals surface area (Å²) in [6, 6.07) is 2.72. The highest BCUT2D eigenvalue weighted by molar-refractivity contribution is 6.11. The zero-order valence-electron chi connectivity index (χ0n) is 11.6. The molecule has 2 aliphatic rings. The Morgan fingerprint density at radius 3 is 2.90 bits per heavy atom. The minimum absolute atomic E-state index is 0.0173. The van der Waals surface area contributed by atoms with E-state index in [0.717, 1.165) is 12.0 Å². The van der Waals surface area contributed by atoms with Crippen molar-refractivity contribution in [2.24, 2.45) is 16.6 Å². The van der Waals surface area contributed by atoms with Gasteiger partial charge < -0.3 is 11.1 Å². The van der Waals surface area contributed by atoms with Crippen LogP contribution in [0.5, 0.6) is 0 Å². The Balaban J connectivity index is 1.97. The van der Waals surface area contributed by atoms with E-state index in [9.17, 15) is 8.78 Å². The minimum Gasteiger partial charge on any atom is -0.386 e. The van der Waals surface area contributed by atoms with Crippen LogP contribution in [0.15, 0.2) is 47.0 Å². The van der Waals surface area contributed by atoms with E-state index < -0.39 is 11.6 Å². The van der Waals surface area contributed by atoms with Crippen LogP contribution in [0, 0.1) is 24.5 Å². The van der Waals surface area contributed by atoms with E-state index in [1.54, 1.807) is 6.21 Å². The average Bonchev–Trinajstić information content (AvgIpc) is 3.18. The molecule has 1 heterocycles. The first-order chi connectivity index (χ1) is 9.97. The Labute approximate surface area is 121 Å². The van der Waals surface area contributed by atoms with Crippen molar-refractivity contribution in [3.8, 4) is 0 Å². The zero-order chi connectivity index (χ0) is 15.1. The number of nitrogens with zero attached hydrogens (tertiary/aromatic N) is 1. The van der Waals surface area contributed by atoms with Crippen molar-refractivity contribution >= 4 is 11.8 Å². The van der Waals surface area contributed by atoms with Crippen LogP contribution in [-0.2, 0) is 0 Å². The van der Waals surface area contributed by atoms with Gasteiger partial charge in [0.2, 0.25) is 0 Å². The predicted octanol–water partition coefficient (Wildman–Crippen LogP) is 2.99. The van der Waals surface area contributed by atoms with Gasteiger partial charge in [-0.25, -0.2) is 13.8 Å². The number of halogens is 2. The van der Waals surface area contributed by atoms with Crippen LogP contribution in [0.1, 0.15) is 17.5 Å². The zero-order valence-corrected chi connectivity index (χ0v) is 11.6. The summed E-state index contributed by atoms with van der Waals surface area (Å²) in [5.74, 6) is 0.101. The molecule has 1 aliphatic carbocycles. The van der Waals surface area contributed by atoms with Crippen LogP contribution in [0.4, 0.5) is 8.78 Å². The molecule has 0 spiro atoms. The molecular weight excluding hydrogens is 272 g/mol. The van der Waals surface area contributed by atoms with Gasteiger partial charge in [0.25, 0.3) is 0 Å². The molecule has 1 fully saturated rings. The third-order valence-electron chi connectivity index (χ3n) is 3.66. The number of nitrogens with two attached hydrogens (primary N) is 1. The maximum Gasteiger partial charge on any atom is 0.136 e. The van der Waals surface area contributed by atoms with Gasteiger partial charge in [-0.15, -0.1) is 0 Å². The molecule has 1 saturated carbocycles. The fourth-order valence-electron chi connectivity index (χ4n) is 2.39. The number of allylic oxidation sites excluding steroid dienone is 3. The van der Waals surface area contributed by atoms with Crippen molar-refractivity contribution in [3.63, 3.8) is 0 Å². The van der Waals surface area contributed by atoms with E-state index in [1.807, 2.05) is 6.08 Å². The van der Waals surface area contributed by atoms with E-state index in [4.69, 9.17) is 5.73 Å². The minimum atomic E-state index is -0.547. The van der Waals surface area contributed by atoms with Gasteiger partial charge in [0, 0.05) is 23.3 Å². The summed E-state index contributed by atoms with van der Waals surface area (Å²) in [5, 5.41) is 2.90. The van der Waals surface area contributed by atoms with Crippen LogP contribution >= 0.6 is 0 Å². The molecule has 1 unspecified atom stereocenters. The van der Waals surface area contributed by atoms with Crippen molar-refractivity contribution in [1.29, 1.82) is 0 Å². The molecule has 3 N–H and O–H groups in total. The third kappa shape index (κ3) is 2.46. The molecule has 0 amide bonds. The van der Waals surface area contributed by atoms with E-state index >= 15 is 0 Å². The van der Waals surface area contributed by atoms with E-state index in [0.29, 0.717) is 22.8 Å². The number of fused-ring (bicyclic) bond motifs is 1. The lowest BCUT2D eigenvalue weighted by Crippen LogP contribution is -2.17. The summed E-state index contributed by atoms with van der Waals surface area (Å²) in [5.41, 5.74) is 7.67. The van der Waals surface area contributed by atoms with Gasteiger partial charge in [-0.3, -0.25) is 0 Å². The van der Waals surface area contributed by atoms with Gasteiger partial charge in [0.15, 0.2) is 0 Å². The Morgan fingerprint density at radius 2 is 2.19 bits per heavy atom. The van der Waals surface area contributed by atoms with Gasteiger partial charge in [-0.1, -0.05) is 12.7 Å². The number of rotatable bonds is 3. The highest BCUT2D eigenvalue weighted by Gasteiger charge is 2.33. The maximum atomic E-state index is 14.2. The number of benzene rings is 1. The van der Waals surface area contributed by atoms with Crippen LogP contribution in [-0.4, -0.2) is 6.21 Å². The second-order valence-electron chi connectivity index (χ2n) is 5.25. The lowest BCUT2D eigenvalue weighted by molar-refractivity contribution is 0.566. The summed E-state index contributed by atoms with van der Waals surface area (Å²) < 4.78 is 27.6. The monoisotopic (exact) mass is 287 g/mol. The molecule has 5 heteroatoms. The molecule has 21 heavy (non-hydrogen) atoms. The highest BCUT2D eigenvalue weighted by atomic mass is 19.1. The molecule has 1 aromatic rings. The summed E-state index contributed by atoms with van der Waals surface area (Å²) in [6.45, 7) is 5.01. The van der Waals surface area contributed by atoms with Crippen molar-refractivity contribution in [1.82, 2.24) is 5.32 Å². The van der Waals surface area contributed by atoms with Gasteiger partial charge in [0.1, 0.15) is 17.5 Å². The van der Waals surface area contributed by atoms with Crippen LogP contribution in [0.3, 0.4) is 0 Å². The van der Waals surface area contributed by atoms with E-state index in [1.165, 1.54) is 19.1 Å². The lowest BCUT2D eigenvalue weighted by Gasteiger charge is -2.07. The molecule has 3 nitrogen and oxygen atoms in total. The van der Waals surface area contributed by atoms with Crippen LogP contribution < -0.4 is 11.1 Å². The molecule has 108 valence electrons. The SMILES string of the molecule is C=C(N)NC1=C2CC2C=C(c2ccc(F)c(C)c2F)C=N1. The van der Waals surface area contributed by atoms with E-state index in [2.05, 4.69) is 16.9 Å². The second-order valence-corrected chi connectivity index (χ2v) is 5.25. The first kappa shape index (κ1) is 13.5. The predicted molar refractivity (Wildman–Crippen MR) is 79.2 cm³/mol. The molecule has 1 aliphatic heterocycles. The van der Waals surface area contributed by atoms with Crippen molar-refractivity contribution < 1.29 is 8.78 Å². The van der Waals surface area contributed by atoms with Gasteiger partial charge in [0.05, 0.1) is 5.82 Å². The number of nitrogens with one attached hydrogen (secondary N) is 1. The summed E-state index contributed by atoms with van der Waals surface area (Å²) >= 11 is 0. The first-order valence-corrected chi connectivity index (χ1v) is 6.62. The molecule has 0 aromatic heterocycles. The third-order valence-corrected chi connectivity index (χ3v) is 3.66. The lowest BCUT2D eigenvalue weighted by atomic mass is 10.0. The molecule has 0 bridgehead atoms. The average molecular weight is 287 g/mol. The highest BCUT2D eigenvalue weighted by Crippen LogP contribution is 2.44. The quantitative estimate of drug-likeness (QED) is 0.898. The Morgan fingerprint density at radius 1 is 1.43 bits per heavy atom. The molecule has 0 radical (unpaired) electrons. The normalized spacial score (nSPS) is 19.8. The standard InChI is InChI=1S/C16H15F2N3/c1-8-14(17)4-3-12(15(8)18)11-5-10-6-13(10)16(20-7-11)21-9(2)19/h3-5,7,10,21H,2,6,19H2,1H3. The van der Waals surface area contributed by atoms with Crippen molar-refractivity contribution in [3.05, 3.63) is 64.8 Å². The topological polar surface area (TPSA) is 50.4 Å². The molecule has 1 aromatic carbocycles. The van der Waals surface area contributed by atoms with Crippen molar-refractivity contribution in [2.75, 3.05) is 0 Å².